The van der Waals surface area contributed by atoms with Crippen molar-refractivity contribution in [3.8, 4) is 0 Å². The molecule has 0 radical (unpaired) electrons. The highest BCUT2D eigenvalue weighted by atomic mass is 16.5. The molecule has 0 aromatic carbocycles. The number of nitrogens with zero attached hydrogens (tertiary/aromatic N) is 1. The molecule has 0 bridgehead atoms. The first kappa shape index (κ1) is 14.9. The standard InChI is InChI=1S/C10H20N2O4/c1-7(2)9(11)10(15)12(4-5-16-3)6-8(13)14/h7,9H,4-6,11H2,1-3H3,(H,13,14)/t9-/m0/s1. The summed E-state index contributed by atoms with van der Waals surface area (Å²) in [5.41, 5.74) is 5.68. The molecule has 0 aliphatic carbocycles. The number of hydrogen-bond donors (Lipinski definition) is 2. The Bertz CT molecular complexity index is 243. The number of nitrogens with two attached hydrogens (primary N) is 1. The third-order valence-corrected chi connectivity index (χ3v) is 2.21. The molecule has 0 aromatic rings. The number of carbonyl (C=O) groups excluding carboxylic acids is 1. The van der Waals surface area contributed by atoms with Crippen LogP contribution in [-0.4, -0.2) is 54.7 Å². The topological polar surface area (TPSA) is 92.9 Å². The number of ether oxygens (including phenoxy) is 1. The second kappa shape index (κ2) is 7.19. The quantitative estimate of drug-likeness (QED) is 0.619. The van der Waals surface area contributed by atoms with Crippen molar-refractivity contribution in [3.05, 3.63) is 0 Å². The summed E-state index contributed by atoms with van der Waals surface area (Å²) in [6.45, 7) is 3.82. The van der Waals surface area contributed by atoms with Crippen molar-refractivity contribution in [3.63, 3.8) is 0 Å². The first-order valence-electron chi connectivity index (χ1n) is 5.15. The molecule has 1 atom stereocenters. The van der Waals surface area contributed by atoms with Crippen molar-refractivity contribution in [1.82, 2.24) is 4.90 Å². The van der Waals surface area contributed by atoms with Crippen LogP contribution in [0, 0.1) is 5.92 Å². The van der Waals surface area contributed by atoms with Gasteiger partial charge in [-0.3, -0.25) is 9.59 Å². The largest absolute Gasteiger partial charge is 0.480 e. The van der Waals surface area contributed by atoms with Gasteiger partial charge in [-0.05, 0) is 5.92 Å². The van der Waals surface area contributed by atoms with Gasteiger partial charge in [0.05, 0.1) is 12.6 Å². The molecule has 0 saturated carbocycles. The Morgan fingerprint density at radius 1 is 1.44 bits per heavy atom. The first-order chi connectivity index (χ1) is 7.40. The molecule has 0 saturated heterocycles. The first-order valence-corrected chi connectivity index (χ1v) is 5.15. The smallest absolute Gasteiger partial charge is 0.323 e. The van der Waals surface area contributed by atoms with Crippen LogP contribution >= 0.6 is 0 Å². The number of carboxylic acids is 1. The third-order valence-electron chi connectivity index (χ3n) is 2.21. The maximum absolute atomic E-state index is 11.8. The van der Waals surface area contributed by atoms with Crippen molar-refractivity contribution in [2.45, 2.75) is 19.9 Å². The van der Waals surface area contributed by atoms with E-state index >= 15 is 0 Å². The summed E-state index contributed by atoms with van der Waals surface area (Å²) in [4.78, 5) is 23.6. The highest BCUT2D eigenvalue weighted by molar-refractivity contribution is 5.85. The van der Waals surface area contributed by atoms with Gasteiger partial charge in [0.2, 0.25) is 5.91 Å². The molecule has 0 heterocycles. The number of methoxy groups -OCH3 is 1. The molecule has 3 N–H and O–H groups in total. The van der Waals surface area contributed by atoms with Gasteiger partial charge in [-0.25, -0.2) is 0 Å². The molecular formula is C10H20N2O4. The van der Waals surface area contributed by atoms with Gasteiger partial charge >= 0.3 is 5.97 Å². The van der Waals surface area contributed by atoms with E-state index in [1.807, 2.05) is 13.8 Å². The van der Waals surface area contributed by atoms with Crippen LogP contribution in [0.3, 0.4) is 0 Å². The summed E-state index contributed by atoms with van der Waals surface area (Å²) in [7, 11) is 1.49. The van der Waals surface area contributed by atoms with Crippen molar-refractivity contribution < 1.29 is 19.4 Å². The molecule has 0 aliphatic rings. The lowest BCUT2D eigenvalue weighted by Crippen LogP contribution is -2.49. The number of rotatable bonds is 7. The lowest BCUT2D eigenvalue weighted by atomic mass is 10.0. The summed E-state index contributed by atoms with van der Waals surface area (Å²) >= 11 is 0. The monoisotopic (exact) mass is 232 g/mol. The number of carbonyl (C=O) groups is 2. The minimum absolute atomic E-state index is 0.0219. The van der Waals surface area contributed by atoms with E-state index in [1.54, 1.807) is 0 Å². The summed E-state index contributed by atoms with van der Waals surface area (Å²) in [5.74, 6) is -1.43. The minimum atomic E-state index is -1.06. The Morgan fingerprint density at radius 3 is 2.38 bits per heavy atom. The highest BCUT2D eigenvalue weighted by Crippen LogP contribution is 2.03. The van der Waals surface area contributed by atoms with Gasteiger partial charge in [-0.2, -0.15) is 0 Å². The third kappa shape index (κ3) is 5.09. The van der Waals surface area contributed by atoms with Crippen LogP contribution in [-0.2, 0) is 14.3 Å². The molecule has 16 heavy (non-hydrogen) atoms. The van der Waals surface area contributed by atoms with E-state index in [4.69, 9.17) is 15.6 Å². The molecule has 0 unspecified atom stereocenters. The van der Waals surface area contributed by atoms with E-state index in [0.717, 1.165) is 0 Å². The van der Waals surface area contributed by atoms with Crippen LogP contribution in [0.5, 0.6) is 0 Å². The van der Waals surface area contributed by atoms with Crippen molar-refractivity contribution >= 4 is 11.9 Å². The maximum Gasteiger partial charge on any atom is 0.323 e. The summed E-state index contributed by atoms with van der Waals surface area (Å²) in [5, 5.41) is 8.68. The van der Waals surface area contributed by atoms with Gasteiger partial charge in [0.25, 0.3) is 0 Å². The average Bonchev–Trinajstić information content (AvgIpc) is 2.21. The van der Waals surface area contributed by atoms with E-state index in [0.29, 0.717) is 6.61 Å². The van der Waals surface area contributed by atoms with Crippen LogP contribution in [0.2, 0.25) is 0 Å². The van der Waals surface area contributed by atoms with Gasteiger partial charge < -0.3 is 20.5 Å². The summed E-state index contributed by atoms with van der Waals surface area (Å²) in [6, 6.07) is -0.670. The fraction of sp³-hybridized carbons (Fsp3) is 0.800. The van der Waals surface area contributed by atoms with E-state index in [2.05, 4.69) is 0 Å². The van der Waals surface area contributed by atoms with Crippen LogP contribution in [0.15, 0.2) is 0 Å². The van der Waals surface area contributed by atoms with Crippen LogP contribution in [0.1, 0.15) is 13.8 Å². The molecule has 0 spiro atoms. The second-order valence-electron chi connectivity index (χ2n) is 3.92. The fourth-order valence-corrected chi connectivity index (χ4v) is 1.13. The van der Waals surface area contributed by atoms with E-state index < -0.39 is 12.0 Å². The summed E-state index contributed by atoms with van der Waals surface area (Å²) in [6.07, 6.45) is 0. The van der Waals surface area contributed by atoms with E-state index in [-0.39, 0.29) is 24.9 Å². The maximum atomic E-state index is 11.8. The van der Waals surface area contributed by atoms with Gasteiger partial charge in [0.1, 0.15) is 6.54 Å². The number of hydrogen-bond acceptors (Lipinski definition) is 4. The highest BCUT2D eigenvalue weighted by Gasteiger charge is 2.24. The lowest BCUT2D eigenvalue weighted by molar-refractivity contribution is -0.145. The van der Waals surface area contributed by atoms with E-state index in [1.165, 1.54) is 12.0 Å². The van der Waals surface area contributed by atoms with E-state index in [9.17, 15) is 9.59 Å². The second-order valence-corrected chi connectivity index (χ2v) is 3.92. The normalized spacial score (nSPS) is 12.6. The van der Waals surface area contributed by atoms with Crippen molar-refractivity contribution in [2.24, 2.45) is 11.7 Å². The Hall–Kier alpha value is -1.14. The van der Waals surface area contributed by atoms with Crippen LogP contribution in [0.25, 0.3) is 0 Å². The number of carboxylic acid groups (broad SMARTS) is 1. The SMILES string of the molecule is COCCN(CC(=O)O)C(=O)[C@@H](N)C(C)C. The number of aliphatic carboxylic acids is 1. The van der Waals surface area contributed by atoms with Gasteiger partial charge in [-0.1, -0.05) is 13.8 Å². The average molecular weight is 232 g/mol. The molecule has 0 aliphatic heterocycles. The Kier molecular flexibility index (Phi) is 6.67. The van der Waals surface area contributed by atoms with Gasteiger partial charge in [-0.15, -0.1) is 0 Å². The molecule has 0 rings (SSSR count). The van der Waals surface area contributed by atoms with Gasteiger partial charge in [0, 0.05) is 13.7 Å². The van der Waals surface area contributed by atoms with Gasteiger partial charge in [0.15, 0.2) is 0 Å². The fourth-order valence-electron chi connectivity index (χ4n) is 1.13. The molecule has 0 aromatic heterocycles. The van der Waals surface area contributed by atoms with Crippen LogP contribution in [0.4, 0.5) is 0 Å². The molecule has 1 amide bonds. The summed E-state index contributed by atoms with van der Waals surface area (Å²) < 4.78 is 4.82. The molecule has 0 fully saturated rings. The Labute approximate surface area is 95.4 Å². The van der Waals surface area contributed by atoms with Crippen molar-refractivity contribution in [2.75, 3.05) is 26.8 Å². The Morgan fingerprint density at radius 2 is 2.00 bits per heavy atom. The zero-order valence-electron chi connectivity index (χ0n) is 9.97. The molecule has 6 nitrogen and oxygen atoms in total. The molecule has 6 heteroatoms. The zero-order valence-corrected chi connectivity index (χ0v) is 9.97. The lowest BCUT2D eigenvalue weighted by Gasteiger charge is -2.25. The van der Waals surface area contributed by atoms with Crippen LogP contribution < -0.4 is 5.73 Å². The van der Waals surface area contributed by atoms with Crippen molar-refractivity contribution in [1.29, 1.82) is 0 Å². The number of amides is 1. The minimum Gasteiger partial charge on any atom is -0.480 e. The predicted molar refractivity (Wildman–Crippen MR) is 58.9 cm³/mol. The zero-order chi connectivity index (χ0) is 12.7. The molecular weight excluding hydrogens is 212 g/mol. The Balaban J connectivity index is 4.48. The molecule has 94 valence electrons. The predicted octanol–water partition coefficient (Wildman–Crippen LogP) is -0.471.